The standard InChI is InChI=1S/C15H17NO5S/c1-9(17)16-6-7-22(3)14-13(18)11-5-4-10(20-2)8-12(11)21-15(14)19/h4-5,8H,6-7H2,1-3H3,(H-,16,17,18,19). The molecule has 0 spiro atoms. The number of amides is 1. The Kier molecular flexibility index (Phi) is 4.97. The highest BCUT2D eigenvalue weighted by atomic mass is 32.2. The lowest BCUT2D eigenvalue weighted by Gasteiger charge is -2.14. The van der Waals surface area contributed by atoms with Gasteiger partial charge in [0.25, 0.3) is 0 Å². The molecule has 0 bridgehead atoms. The minimum Gasteiger partial charge on any atom is -0.868 e. The molecule has 0 aliphatic carbocycles. The predicted octanol–water partition coefficient (Wildman–Crippen LogP) is 0.618. The van der Waals surface area contributed by atoms with Gasteiger partial charge in [0.1, 0.15) is 23.3 Å². The summed E-state index contributed by atoms with van der Waals surface area (Å²) in [5, 5.41) is 15.5. The maximum atomic E-state index is 12.5. The molecule has 1 N–H and O–H groups in total. The molecule has 22 heavy (non-hydrogen) atoms. The molecule has 1 atom stereocenters. The molecule has 2 aromatic rings. The number of ether oxygens (including phenoxy) is 1. The zero-order chi connectivity index (χ0) is 16.3. The van der Waals surface area contributed by atoms with Crippen LogP contribution in [-0.2, 0) is 15.7 Å². The number of hydrogen-bond acceptors (Lipinski definition) is 5. The van der Waals surface area contributed by atoms with Gasteiger partial charge in [-0.1, -0.05) is 0 Å². The minimum atomic E-state index is -0.626. The fraction of sp³-hybridized carbons (Fsp3) is 0.333. The van der Waals surface area contributed by atoms with E-state index in [-0.39, 0.29) is 22.1 Å². The smallest absolute Gasteiger partial charge is 0.391 e. The van der Waals surface area contributed by atoms with E-state index in [0.29, 0.717) is 23.4 Å². The van der Waals surface area contributed by atoms with E-state index in [1.54, 1.807) is 18.4 Å². The Morgan fingerprint density at radius 2 is 2.18 bits per heavy atom. The molecule has 1 amide bonds. The van der Waals surface area contributed by atoms with Crippen molar-refractivity contribution in [2.45, 2.75) is 11.8 Å². The molecule has 0 saturated carbocycles. The van der Waals surface area contributed by atoms with Gasteiger partial charge in [0, 0.05) is 29.3 Å². The van der Waals surface area contributed by atoms with Crippen molar-refractivity contribution in [3.8, 4) is 11.5 Å². The lowest BCUT2D eigenvalue weighted by molar-refractivity contribution is -0.270. The van der Waals surface area contributed by atoms with E-state index in [2.05, 4.69) is 5.32 Å². The first-order valence-electron chi connectivity index (χ1n) is 6.63. The van der Waals surface area contributed by atoms with Crippen molar-refractivity contribution >= 4 is 27.8 Å². The fourth-order valence-corrected chi connectivity index (χ4v) is 3.41. The number of rotatable bonds is 5. The average Bonchev–Trinajstić information content (AvgIpc) is 2.46. The van der Waals surface area contributed by atoms with Gasteiger partial charge in [-0.25, -0.2) is 4.79 Å². The predicted molar refractivity (Wildman–Crippen MR) is 83.6 cm³/mol. The molecule has 1 unspecified atom stereocenters. The molecule has 118 valence electrons. The summed E-state index contributed by atoms with van der Waals surface area (Å²) in [7, 11) is 0.896. The first kappa shape index (κ1) is 16.2. The van der Waals surface area contributed by atoms with Crippen LogP contribution < -0.4 is 20.8 Å². The molecular formula is C15H17NO5S. The molecule has 0 saturated heterocycles. The van der Waals surface area contributed by atoms with Crippen molar-refractivity contribution in [2.75, 3.05) is 25.7 Å². The minimum absolute atomic E-state index is 0.142. The quantitative estimate of drug-likeness (QED) is 0.643. The van der Waals surface area contributed by atoms with Crippen molar-refractivity contribution in [1.29, 1.82) is 0 Å². The van der Waals surface area contributed by atoms with Gasteiger partial charge in [-0.2, -0.15) is 0 Å². The van der Waals surface area contributed by atoms with E-state index in [1.165, 1.54) is 20.1 Å². The zero-order valence-electron chi connectivity index (χ0n) is 12.6. The second-order valence-electron chi connectivity index (χ2n) is 4.73. The molecule has 6 nitrogen and oxygen atoms in total. The lowest BCUT2D eigenvalue weighted by Crippen LogP contribution is -2.28. The molecule has 0 fully saturated rings. The van der Waals surface area contributed by atoms with Gasteiger partial charge in [0.05, 0.1) is 13.7 Å². The molecule has 1 aromatic heterocycles. The van der Waals surface area contributed by atoms with Crippen LogP contribution in [0, 0.1) is 0 Å². The number of benzene rings is 1. The van der Waals surface area contributed by atoms with Crippen LogP contribution in [0.25, 0.3) is 11.0 Å². The van der Waals surface area contributed by atoms with Crippen molar-refractivity contribution in [3.05, 3.63) is 28.6 Å². The third kappa shape index (κ3) is 3.36. The topological polar surface area (TPSA) is 91.6 Å². The van der Waals surface area contributed by atoms with Gasteiger partial charge in [-0.15, -0.1) is 0 Å². The summed E-state index contributed by atoms with van der Waals surface area (Å²) >= 11 is 0. The van der Waals surface area contributed by atoms with Crippen molar-refractivity contribution in [1.82, 2.24) is 5.32 Å². The van der Waals surface area contributed by atoms with Gasteiger partial charge >= 0.3 is 5.63 Å². The normalized spacial score (nSPS) is 12.1. The van der Waals surface area contributed by atoms with Crippen LogP contribution in [0.1, 0.15) is 6.92 Å². The summed E-state index contributed by atoms with van der Waals surface area (Å²) in [6.45, 7) is 1.83. The Balaban J connectivity index is 2.38. The largest absolute Gasteiger partial charge is 0.868 e. The Morgan fingerprint density at radius 1 is 1.45 bits per heavy atom. The van der Waals surface area contributed by atoms with E-state index < -0.39 is 16.5 Å². The highest BCUT2D eigenvalue weighted by Crippen LogP contribution is 2.29. The van der Waals surface area contributed by atoms with Crippen LogP contribution >= 0.6 is 0 Å². The van der Waals surface area contributed by atoms with Crippen LogP contribution in [0.5, 0.6) is 11.5 Å². The monoisotopic (exact) mass is 323 g/mol. The molecule has 1 aromatic carbocycles. The van der Waals surface area contributed by atoms with Crippen molar-refractivity contribution < 1.29 is 19.1 Å². The number of methoxy groups -OCH3 is 1. The molecule has 2 rings (SSSR count). The van der Waals surface area contributed by atoms with Crippen molar-refractivity contribution in [2.24, 2.45) is 0 Å². The van der Waals surface area contributed by atoms with Gasteiger partial charge < -0.3 is 19.6 Å². The summed E-state index contributed by atoms with van der Waals surface area (Å²) < 4.78 is 10.3. The van der Waals surface area contributed by atoms with E-state index in [1.807, 2.05) is 0 Å². The number of carbonyl (C=O) groups excluding carboxylic acids is 1. The molecule has 0 radical (unpaired) electrons. The average molecular weight is 323 g/mol. The molecule has 7 heteroatoms. The number of carbonyl (C=O) groups is 1. The number of hydrogen-bond donors (Lipinski definition) is 1. The fourth-order valence-electron chi connectivity index (χ4n) is 2.05. The Hall–Kier alpha value is -2.15. The van der Waals surface area contributed by atoms with E-state index in [4.69, 9.17) is 9.15 Å². The maximum absolute atomic E-state index is 12.5. The van der Waals surface area contributed by atoms with Crippen molar-refractivity contribution in [3.63, 3.8) is 0 Å². The van der Waals surface area contributed by atoms with Gasteiger partial charge in [0.15, 0.2) is 0 Å². The summed E-state index contributed by atoms with van der Waals surface area (Å²) in [6.07, 6.45) is 1.80. The van der Waals surface area contributed by atoms with E-state index >= 15 is 0 Å². The third-order valence-electron chi connectivity index (χ3n) is 3.16. The zero-order valence-corrected chi connectivity index (χ0v) is 13.4. The van der Waals surface area contributed by atoms with E-state index in [9.17, 15) is 14.7 Å². The summed E-state index contributed by atoms with van der Waals surface area (Å²) in [5.74, 6) is 0.574. The number of fused-ring (bicyclic) bond motifs is 1. The van der Waals surface area contributed by atoms with Crippen LogP contribution in [0.4, 0.5) is 0 Å². The first-order chi connectivity index (χ1) is 10.4. The Bertz CT molecular complexity index is 755. The second kappa shape index (κ2) is 6.74. The van der Waals surface area contributed by atoms with E-state index in [0.717, 1.165) is 0 Å². The van der Waals surface area contributed by atoms with Crippen LogP contribution in [0.15, 0.2) is 32.3 Å². The Morgan fingerprint density at radius 3 is 2.82 bits per heavy atom. The highest BCUT2D eigenvalue weighted by Gasteiger charge is 2.24. The SMILES string of the molecule is COc1ccc2c([O-])c([S+](C)CCNC(C)=O)c(=O)oc2c1. The van der Waals surface area contributed by atoms with Gasteiger partial charge in [-0.05, 0) is 17.9 Å². The lowest BCUT2D eigenvalue weighted by atomic mass is 10.2. The van der Waals surface area contributed by atoms with Gasteiger partial charge in [0.2, 0.25) is 10.8 Å². The molecule has 0 aliphatic rings. The first-order valence-corrected chi connectivity index (χ1v) is 8.43. The summed E-state index contributed by atoms with van der Waals surface area (Å²) in [5.41, 5.74) is -0.406. The molecule has 1 heterocycles. The summed E-state index contributed by atoms with van der Waals surface area (Å²) in [4.78, 5) is 23.1. The summed E-state index contributed by atoms with van der Waals surface area (Å²) in [6, 6.07) is 4.76. The van der Waals surface area contributed by atoms with Crippen LogP contribution in [0.3, 0.4) is 0 Å². The van der Waals surface area contributed by atoms with Crippen LogP contribution in [0.2, 0.25) is 0 Å². The molecule has 0 aliphatic heterocycles. The third-order valence-corrected chi connectivity index (χ3v) is 5.02. The van der Waals surface area contributed by atoms with Gasteiger partial charge in [-0.3, -0.25) is 4.79 Å². The van der Waals surface area contributed by atoms with Crippen LogP contribution in [-0.4, -0.2) is 31.6 Å². The second-order valence-corrected chi connectivity index (χ2v) is 6.82. The molecular weight excluding hydrogens is 306 g/mol. The highest BCUT2D eigenvalue weighted by molar-refractivity contribution is 7.96. The Labute approximate surface area is 130 Å². The number of nitrogens with one attached hydrogen (secondary N) is 1. The maximum Gasteiger partial charge on any atom is 0.391 e.